The van der Waals surface area contributed by atoms with E-state index in [9.17, 15) is 5.11 Å². The molecule has 1 aliphatic heterocycles. The number of piperidine rings is 1. The second kappa shape index (κ2) is 5.65. The van der Waals surface area contributed by atoms with Crippen LogP contribution in [-0.4, -0.2) is 34.3 Å². The van der Waals surface area contributed by atoms with Crippen LogP contribution in [0.3, 0.4) is 0 Å². The fourth-order valence-corrected chi connectivity index (χ4v) is 2.31. The topological polar surface area (TPSA) is 49.2 Å². The van der Waals surface area contributed by atoms with Crippen molar-refractivity contribution in [2.45, 2.75) is 38.7 Å². The normalized spacial score (nSPS) is 20.6. The summed E-state index contributed by atoms with van der Waals surface area (Å²) in [5.74, 6) is 1.63. The van der Waals surface area contributed by atoms with Crippen LogP contribution in [0.2, 0.25) is 5.15 Å². The zero-order chi connectivity index (χ0) is 12.3. The van der Waals surface area contributed by atoms with Crippen molar-refractivity contribution in [1.82, 2.24) is 9.97 Å². The molecule has 0 radical (unpaired) electrons. The number of aliphatic hydroxyl groups is 1. The molecule has 1 atom stereocenters. The van der Waals surface area contributed by atoms with E-state index in [0.717, 1.165) is 43.9 Å². The minimum Gasteiger partial charge on any atom is -0.391 e. The van der Waals surface area contributed by atoms with Gasteiger partial charge in [0.1, 0.15) is 16.8 Å². The Morgan fingerprint density at radius 1 is 1.53 bits per heavy atom. The maximum Gasteiger partial charge on any atom is 0.134 e. The van der Waals surface area contributed by atoms with Crippen LogP contribution < -0.4 is 4.90 Å². The molecule has 1 unspecified atom stereocenters. The van der Waals surface area contributed by atoms with Crippen LogP contribution in [0.1, 0.15) is 32.0 Å². The molecule has 0 bridgehead atoms. The fourth-order valence-electron chi connectivity index (χ4n) is 2.11. The molecule has 1 aromatic rings. The van der Waals surface area contributed by atoms with Gasteiger partial charge in [0, 0.05) is 25.6 Å². The van der Waals surface area contributed by atoms with Crippen molar-refractivity contribution in [3.05, 3.63) is 17.0 Å². The predicted octanol–water partition coefficient (Wildman–Crippen LogP) is 2.04. The highest BCUT2D eigenvalue weighted by molar-refractivity contribution is 6.29. The first-order chi connectivity index (χ1) is 8.19. The third kappa shape index (κ3) is 3.30. The Morgan fingerprint density at radius 3 is 3.06 bits per heavy atom. The first-order valence-electron chi connectivity index (χ1n) is 6.15. The van der Waals surface area contributed by atoms with E-state index in [1.165, 1.54) is 0 Å². The quantitative estimate of drug-likeness (QED) is 0.840. The number of aryl methyl sites for hydroxylation is 1. The third-order valence-corrected chi connectivity index (χ3v) is 3.12. The van der Waals surface area contributed by atoms with Gasteiger partial charge < -0.3 is 10.0 Å². The Hall–Kier alpha value is -0.870. The third-order valence-electron chi connectivity index (χ3n) is 2.92. The lowest BCUT2D eigenvalue weighted by atomic mass is 10.1. The molecule has 0 amide bonds. The molecule has 1 N–H and O–H groups in total. The Balaban J connectivity index is 2.18. The minimum atomic E-state index is -0.257. The molecule has 1 aliphatic rings. The summed E-state index contributed by atoms with van der Waals surface area (Å²) < 4.78 is 0. The molecule has 0 aliphatic carbocycles. The van der Waals surface area contributed by atoms with E-state index in [1.807, 2.05) is 0 Å². The predicted molar refractivity (Wildman–Crippen MR) is 68.5 cm³/mol. The molecule has 1 fully saturated rings. The summed E-state index contributed by atoms with van der Waals surface area (Å²) in [5.41, 5.74) is 0. The molecule has 0 saturated carbocycles. The van der Waals surface area contributed by atoms with Gasteiger partial charge in [0.05, 0.1) is 6.10 Å². The van der Waals surface area contributed by atoms with Gasteiger partial charge in [-0.3, -0.25) is 0 Å². The highest BCUT2D eigenvalue weighted by Gasteiger charge is 2.19. The highest BCUT2D eigenvalue weighted by Crippen LogP contribution is 2.21. The van der Waals surface area contributed by atoms with Crippen LogP contribution in [-0.2, 0) is 6.42 Å². The average Bonchev–Trinajstić information content (AvgIpc) is 2.28. The molecular weight excluding hydrogens is 238 g/mol. The van der Waals surface area contributed by atoms with Gasteiger partial charge in [-0.25, -0.2) is 9.97 Å². The maximum atomic E-state index is 9.66. The number of nitrogens with zero attached hydrogens (tertiary/aromatic N) is 3. The second-order valence-corrected chi connectivity index (χ2v) is 4.84. The summed E-state index contributed by atoms with van der Waals surface area (Å²) in [5, 5.41) is 10.1. The van der Waals surface area contributed by atoms with Crippen LogP contribution in [0.25, 0.3) is 0 Å². The van der Waals surface area contributed by atoms with E-state index in [4.69, 9.17) is 11.6 Å². The van der Waals surface area contributed by atoms with Crippen molar-refractivity contribution in [3.8, 4) is 0 Å². The van der Waals surface area contributed by atoms with E-state index < -0.39 is 0 Å². The van der Waals surface area contributed by atoms with Crippen LogP contribution in [0.15, 0.2) is 6.07 Å². The van der Waals surface area contributed by atoms with Crippen molar-refractivity contribution in [2.75, 3.05) is 18.0 Å². The molecule has 2 rings (SSSR count). The van der Waals surface area contributed by atoms with Gasteiger partial charge in [0.25, 0.3) is 0 Å². The van der Waals surface area contributed by atoms with Crippen molar-refractivity contribution < 1.29 is 5.11 Å². The van der Waals surface area contributed by atoms with Gasteiger partial charge in [-0.05, 0) is 19.3 Å². The summed E-state index contributed by atoms with van der Waals surface area (Å²) in [6.07, 6.45) is 3.45. The second-order valence-electron chi connectivity index (χ2n) is 4.46. The van der Waals surface area contributed by atoms with Crippen LogP contribution >= 0.6 is 11.6 Å². The monoisotopic (exact) mass is 255 g/mol. The first kappa shape index (κ1) is 12.6. The van der Waals surface area contributed by atoms with Gasteiger partial charge in [-0.1, -0.05) is 18.5 Å². The summed E-state index contributed by atoms with van der Waals surface area (Å²) in [6, 6.07) is 1.78. The lowest BCUT2D eigenvalue weighted by Crippen LogP contribution is -2.38. The number of β-amino-alcohol motifs (C(OH)–C–C–N with tert-alkyl or cyclic N) is 1. The largest absolute Gasteiger partial charge is 0.391 e. The Labute approximate surface area is 107 Å². The fraction of sp³-hybridized carbons (Fsp3) is 0.667. The van der Waals surface area contributed by atoms with Crippen molar-refractivity contribution in [3.63, 3.8) is 0 Å². The summed E-state index contributed by atoms with van der Waals surface area (Å²) in [6.45, 7) is 3.66. The zero-order valence-electron chi connectivity index (χ0n) is 10.1. The Bertz CT molecular complexity index is 386. The molecule has 4 nitrogen and oxygen atoms in total. The number of aromatic nitrogens is 2. The summed E-state index contributed by atoms with van der Waals surface area (Å²) in [4.78, 5) is 10.8. The number of halogens is 1. The standard InChI is InChI=1S/C12H18ClN3O/c1-2-4-11-14-10(13)7-12(15-11)16-6-3-5-9(17)8-16/h7,9,17H,2-6,8H2,1H3. The number of rotatable bonds is 3. The van der Waals surface area contributed by atoms with Crippen LogP contribution in [0.5, 0.6) is 0 Å². The van der Waals surface area contributed by atoms with Crippen LogP contribution in [0.4, 0.5) is 5.82 Å². The first-order valence-corrected chi connectivity index (χ1v) is 6.53. The summed E-state index contributed by atoms with van der Waals surface area (Å²) >= 11 is 6.00. The van der Waals surface area contributed by atoms with Crippen LogP contribution in [0, 0.1) is 0 Å². The van der Waals surface area contributed by atoms with E-state index in [1.54, 1.807) is 6.07 Å². The Morgan fingerprint density at radius 2 is 2.35 bits per heavy atom. The lowest BCUT2D eigenvalue weighted by Gasteiger charge is -2.31. The van der Waals surface area contributed by atoms with Gasteiger partial charge >= 0.3 is 0 Å². The molecule has 1 saturated heterocycles. The molecule has 0 aromatic carbocycles. The van der Waals surface area contributed by atoms with E-state index in [0.29, 0.717) is 11.7 Å². The van der Waals surface area contributed by atoms with Gasteiger partial charge in [0.15, 0.2) is 0 Å². The SMILES string of the molecule is CCCc1nc(Cl)cc(N2CCCC(O)C2)n1. The molecule has 2 heterocycles. The summed E-state index contributed by atoms with van der Waals surface area (Å²) in [7, 11) is 0. The minimum absolute atomic E-state index is 0.257. The molecule has 1 aromatic heterocycles. The van der Waals surface area contributed by atoms with E-state index >= 15 is 0 Å². The molecule has 17 heavy (non-hydrogen) atoms. The number of hydrogen-bond acceptors (Lipinski definition) is 4. The van der Waals surface area contributed by atoms with Crippen molar-refractivity contribution >= 4 is 17.4 Å². The molecular formula is C12H18ClN3O. The number of anilines is 1. The van der Waals surface area contributed by atoms with Crippen molar-refractivity contribution in [1.29, 1.82) is 0 Å². The zero-order valence-corrected chi connectivity index (χ0v) is 10.8. The highest BCUT2D eigenvalue weighted by atomic mass is 35.5. The number of hydrogen-bond donors (Lipinski definition) is 1. The van der Waals surface area contributed by atoms with Gasteiger partial charge in [-0.15, -0.1) is 0 Å². The molecule has 5 heteroatoms. The van der Waals surface area contributed by atoms with E-state index in [2.05, 4.69) is 21.8 Å². The lowest BCUT2D eigenvalue weighted by molar-refractivity contribution is 0.154. The maximum absolute atomic E-state index is 9.66. The average molecular weight is 256 g/mol. The molecule has 0 spiro atoms. The Kier molecular flexibility index (Phi) is 4.18. The smallest absolute Gasteiger partial charge is 0.134 e. The van der Waals surface area contributed by atoms with Crippen molar-refractivity contribution in [2.24, 2.45) is 0 Å². The van der Waals surface area contributed by atoms with Gasteiger partial charge in [-0.2, -0.15) is 0 Å². The van der Waals surface area contributed by atoms with E-state index in [-0.39, 0.29) is 6.10 Å². The number of aliphatic hydroxyl groups excluding tert-OH is 1. The van der Waals surface area contributed by atoms with Gasteiger partial charge in [0.2, 0.25) is 0 Å². The molecule has 94 valence electrons.